The molecule has 0 saturated heterocycles. The number of benzene rings is 2. The van der Waals surface area contributed by atoms with Gasteiger partial charge in [-0.05, 0) is 55.0 Å². The summed E-state index contributed by atoms with van der Waals surface area (Å²) in [6.07, 6.45) is 0. The molecule has 0 saturated carbocycles. The number of nitrogens with one attached hydrogen (secondary N) is 2. The van der Waals surface area contributed by atoms with Gasteiger partial charge in [-0.1, -0.05) is 17.7 Å². The molecule has 1 amide bonds. The van der Waals surface area contributed by atoms with Crippen LogP contribution in [-0.2, 0) is 10.0 Å². The lowest BCUT2D eigenvalue weighted by molar-refractivity contribution is -0.402. The van der Waals surface area contributed by atoms with Crippen LogP contribution in [0, 0.1) is 17.0 Å². The highest BCUT2D eigenvalue weighted by Crippen LogP contribution is 2.24. The van der Waals surface area contributed by atoms with Crippen molar-refractivity contribution in [2.24, 2.45) is 0 Å². The molecule has 0 bridgehead atoms. The van der Waals surface area contributed by atoms with Gasteiger partial charge in [0.25, 0.3) is 15.9 Å². The molecule has 9 nitrogen and oxygen atoms in total. The van der Waals surface area contributed by atoms with E-state index in [4.69, 9.17) is 16.0 Å². The van der Waals surface area contributed by atoms with Crippen LogP contribution in [0.1, 0.15) is 16.1 Å². The first kappa shape index (κ1) is 20.4. The molecule has 29 heavy (non-hydrogen) atoms. The lowest BCUT2D eigenvalue weighted by atomic mass is 10.2. The van der Waals surface area contributed by atoms with E-state index in [-0.39, 0.29) is 16.3 Å². The van der Waals surface area contributed by atoms with E-state index in [2.05, 4.69) is 10.0 Å². The highest BCUT2D eigenvalue weighted by atomic mass is 35.5. The number of rotatable bonds is 6. The van der Waals surface area contributed by atoms with Crippen LogP contribution < -0.4 is 10.0 Å². The third kappa shape index (κ3) is 4.73. The van der Waals surface area contributed by atoms with Crippen LogP contribution in [0.3, 0.4) is 0 Å². The van der Waals surface area contributed by atoms with Gasteiger partial charge in [-0.3, -0.25) is 19.6 Å². The second-order valence-electron chi connectivity index (χ2n) is 5.94. The summed E-state index contributed by atoms with van der Waals surface area (Å²) in [4.78, 5) is 22.1. The summed E-state index contributed by atoms with van der Waals surface area (Å²) in [6.45, 7) is 1.61. The third-order valence-electron chi connectivity index (χ3n) is 3.83. The van der Waals surface area contributed by atoms with E-state index in [0.717, 1.165) is 12.1 Å². The molecule has 0 unspecified atom stereocenters. The largest absolute Gasteiger partial charge is 0.433 e. The number of sulfonamides is 1. The lowest BCUT2D eigenvalue weighted by Crippen LogP contribution is -2.16. The van der Waals surface area contributed by atoms with Crippen LogP contribution in [0.2, 0.25) is 5.02 Å². The monoisotopic (exact) mass is 435 g/mol. The number of hydrogen-bond acceptors (Lipinski definition) is 6. The number of halogens is 1. The molecule has 1 aromatic heterocycles. The number of aryl methyl sites for hydroxylation is 1. The molecule has 2 aromatic carbocycles. The topological polar surface area (TPSA) is 132 Å². The van der Waals surface area contributed by atoms with Gasteiger partial charge in [0.05, 0.1) is 11.0 Å². The van der Waals surface area contributed by atoms with E-state index in [1.165, 1.54) is 30.3 Å². The van der Waals surface area contributed by atoms with Crippen LogP contribution >= 0.6 is 11.6 Å². The molecular formula is C18H14ClN3O6S. The van der Waals surface area contributed by atoms with Crippen molar-refractivity contribution in [3.63, 3.8) is 0 Å². The maximum atomic E-state index is 12.7. The third-order valence-corrected chi connectivity index (χ3v) is 5.60. The maximum absolute atomic E-state index is 12.7. The van der Waals surface area contributed by atoms with E-state index >= 15 is 0 Å². The second-order valence-corrected chi connectivity index (χ2v) is 8.03. The molecule has 0 aliphatic carbocycles. The SMILES string of the molecule is Cc1ccc(NC(=O)c2ccc([N+](=O)[O-])o2)cc1S(=O)(=O)Nc1ccc(Cl)cc1. The van der Waals surface area contributed by atoms with Crippen LogP contribution in [0.5, 0.6) is 0 Å². The van der Waals surface area contributed by atoms with Gasteiger partial charge >= 0.3 is 5.88 Å². The second kappa shape index (κ2) is 7.94. The lowest BCUT2D eigenvalue weighted by Gasteiger charge is -2.12. The normalized spacial score (nSPS) is 11.1. The summed E-state index contributed by atoms with van der Waals surface area (Å²) >= 11 is 5.80. The van der Waals surface area contributed by atoms with Crippen molar-refractivity contribution in [1.29, 1.82) is 0 Å². The summed E-state index contributed by atoms with van der Waals surface area (Å²) < 4.78 is 32.8. The minimum Gasteiger partial charge on any atom is -0.395 e. The summed E-state index contributed by atoms with van der Waals surface area (Å²) in [5.74, 6) is -1.61. The standard InChI is InChI=1S/C18H14ClN3O6S/c1-11-2-5-14(20-18(23)15-8-9-17(28-15)22(24)25)10-16(11)29(26,27)21-13-6-3-12(19)4-7-13/h2-10,21H,1H3,(H,20,23). The number of carbonyl (C=O) groups is 1. The summed E-state index contributed by atoms with van der Waals surface area (Å²) in [5.41, 5.74) is 0.959. The Morgan fingerprint density at radius 1 is 1.07 bits per heavy atom. The summed E-state index contributed by atoms with van der Waals surface area (Å²) in [6, 6.07) is 12.6. The van der Waals surface area contributed by atoms with E-state index in [1.54, 1.807) is 19.1 Å². The highest BCUT2D eigenvalue weighted by molar-refractivity contribution is 7.92. The van der Waals surface area contributed by atoms with Gasteiger partial charge in [-0.15, -0.1) is 0 Å². The zero-order valence-corrected chi connectivity index (χ0v) is 16.5. The molecular weight excluding hydrogens is 422 g/mol. The Kier molecular flexibility index (Phi) is 5.57. The molecule has 1 heterocycles. The smallest absolute Gasteiger partial charge is 0.395 e. The molecule has 0 fully saturated rings. The van der Waals surface area contributed by atoms with Crippen molar-refractivity contribution in [3.05, 3.63) is 81.1 Å². The molecule has 0 aliphatic heterocycles. The molecule has 2 N–H and O–H groups in total. The predicted octanol–water partition coefficient (Wildman–Crippen LogP) is 4.20. The first-order valence-electron chi connectivity index (χ1n) is 8.10. The Hall–Kier alpha value is -3.37. The fraction of sp³-hybridized carbons (Fsp3) is 0.0556. The number of nitrogens with zero attached hydrogens (tertiary/aromatic N) is 1. The Morgan fingerprint density at radius 3 is 2.34 bits per heavy atom. The molecule has 11 heteroatoms. The average Bonchev–Trinajstić information content (AvgIpc) is 3.15. The van der Waals surface area contributed by atoms with Gasteiger partial charge in [0, 0.05) is 16.4 Å². The van der Waals surface area contributed by atoms with Crippen LogP contribution in [0.15, 0.2) is 63.9 Å². The molecule has 0 aliphatic rings. The fourth-order valence-corrected chi connectivity index (χ4v) is 3.89. The molecule has 0 spiro atoms. The Morgan fingerprint density at radius 2 is 1.72 bits per heavy atom. The Labute approximate surface area is 170 Å². The van der Waals surface area contributed by atoms with Crippen LogP contribution in [-0.4, -0.2) is 19.2 Å². The Bertz CT molecular complexity index is 1190. The first-order chi connectivity index (χ1) is 13.7. The maximum Gasteiger partial charge on any atom is 0.433 e. The van der Waals surface area contributed by atoms with Crippen molar-refractivity contribution < 1.29 is 22.6 Å². The van der Waals surface area contributed by atoms with E-state index in [9.17, 15) is 23.3 Å². The summed E-state index contributed by atoms with van der Waals surface area (Å²) in [7, 11) is -3.94. The zero-order chi connectivity index (χ0) is 21.2. The first-order valence-corrected chi connectivity index (χ1v) is 9.96. The van der Waals surface area contributed by atoms with Gasteiger partial charge in [0.15, 0.2) is 5.76 Å². The highest BCUT2D eigenvalue weighted by Gasteiger charge is 2.20. The number of hydrogen-bond donors (Lipinski definition) is 2. The van der Waals surface area contributed by atoms with Crippen molar-refractivity contribution >= 4 is 44.8 Å². The van der Waals surface area contributed by atoms with Crippen LogP contribution in [0.4, 0.5) is 17.3 Å². The number of furan rings is 1. The van der Waals surface area contributed by atoms with Gasteiger partial charge < -0.3 is 9.73 Å². The molecule has 0 atom stereocenters. The zero-order valence-electron chi connectivity index (χ0n) is 14.9. The van der Waals surface area contributed by atoms with Crippen molar-refractivity contribution in [1.82, 2.24) is 0 Å². The van der Waals surface area contributed by atoms with Gasteiger partial charge in [-0.25, -0.2) is 8.42 Å². The minimum absolute atomic E-state index is 0.0457. The molecule has 3 rings (SSSR count). The van der Waals surface area contributed by atoms with E-state index < -0.39 is 26.7 Å². The van der Waals surface area contributed by atoms with Crippen LogP contribution in [0.25, 0.3) is 0 Å². The van der Waals surface area contributed by atoms with E-state index in [1.807, 2.05) is 0 Å². The van der Waals surface area contributed by atoms with Crippen molar-refractivity contribution in [3.8, 4) is 0 Å². The minimum atomic E-state index is -3.94. The number of anilines is 2. The number of carbonyl (C=O) groups excluding carboxylic acids is 1. The quantitative estimate of drug-likeness (QED) is 0.440. The predicted molar refractivity (Wildman–Crippen MR) is 107 cm³/mol. The van der Waals surface area contributed by atoms with Gasteiger partial charge in [0.2, 0.25) is 0 Å². The fourth-order valence-electron chi connectivity index (χ4n) is 2.44. The molecule has 150 valence electrons. The van der Waals surface area contributed by atoms with Gasteiger partial charge in [-0.2, -0.15) is 0 Å². The number of nitro groups is 1. The van der Waals surface area contributed by atoms with Gasteiger partial charge in [0.1, 0.15) is 4.92 Å². The average molecular weight is 436 g/mol. The molecule has 3 aromatic rings. The van der Waals surface area contributed by atoms with Crippen molar-refractivity contribution in [2.75, 3.05) is 10.0 Å². The number of amides is 1. The summed E-state index contributed by atoms with van der Waals surface area (Å²) in [5, 5.41) is 13.6. The Balaban J connectivity index is 1.84. The molecule has 0 radical (unpaired) electrons. The van der Waals surface area contributed by atoms with Crippen molar-refractivity contribution in [2.45, 2.75) is 11.8 Å². The van der Waals surface area contributed by atoms with E-state index in [0.29, 0.717) is 16.3 Å².